The zero-order chi connectivity index (χ0) is 24.0. The molecule has 0 saturated carbocycles. The molecular formula is C26H34N2O5. The predicted octanol–water partition coefficient (Wildman–Crippen LogP) is 4.75. The van der Waals surface area contributed by atoms with E-state index in [1.165, 1.54) is 5.56 Å². The van der Waals surface area contributed by atoms with Gasteiger partial charge in [-0.3, -0.25) is 4.79 Å². The van der Waals surface area contributed by atoms with E-state index >= 15 is 0 Å². The van der Waals surface area contributed by atoms with Crippen molar-refractivity contribution in [2.24, 2.45) is 0 Å². The predicted molar refractivity (Wildman–Crippen MR) is 127 cm³/mol. The highest BCUT2D eigenvalue weighted by molar-refractivity contribution is 5.97. The van der Waals surface area contributed by atoms with Gasteiger partial charge in [-0.2, -0.15) is 0 Å². The summed E-state index contributed by atoms with van der Waals surface area (Å²) >= 11 is 0. The maximum Gasteiger partial charge on any atom is 0.407 e. The normalized spacial score (nSPS) is 14.5. The van der Waals surface area contributed by atoms with E-state index in [-0.39, 0.29) is 5.91 Å². The van der Waals surface area contributed by atoms with Gasteiger partial charge >= 0.3 is 6.09 Å². The van der Waals surface area contributed by atoms with Crippen LogP contribution in [0.25, 0.3) is 0 Å². The molecule has 0 atom stereocenters. The molecule has 1 fully saturated rings. The molecule has 0 aromatic heterocycles. The van der Waals surface area contributed by atoms with Crippen LogP contribution in [0.4, 0.5) is 4.79 Å². The quantitative estimate of drug-likeness (QED) is 0.682. The molecule has 0 radical (unpaired) electrons. The lowest BCUT2D eigenvalue weighted by Gasteiger charge is -2.33. The smallest absolute Gasteiger partial charge is 0.407 e. The molecule has 33 heavy (non-hydrogen) atoms. The standard InChI is InChI=1S/C26H34N2O5/c1-26(2,3)33-25(30)27-17-18-8-6-9-20(16-18)19-12-14-28(15-13-19)24(29)21-10-7-11-22(31-4)23(21)32-5/h6-11,16,19H,12-15,17H2,1-5H3,(H,27,30). The molecule has 1 aliphatic rings. The first kappa shape index (κ1) is 24.4. The second-order valence-electron chi connectivity index (χ2n) is 9.21. The minimum Gasteiger partial charge on any atom is -0.493 e. The molecular weight excluding hydrogens is 420 g/mol. The lowest BCUT2D eigenvalue weighted by atomic mass is 9.88. The Balaban J connectivity index is 1.60. The van der Waals surface area contributed by atoms with Crippen LogP contribution >= 0.6 is 0 Å². The fourth-order valence-electron chi connectivity index (χ4n) is 4.09. The number of carbonyl (C=O) groups is 2. The maximum atomic E-state index is 13.1. The average Bonchev–Trinajstić information content (AvgIpc) is 2.81. The molecule has 2 aromatic rings. The van der Waals surface area contributed by atoms with E-state index in [2.05, 4.69) is 17.4 Å². The number of likely N-dealkylation sites (tertiary alicyclic amines) is 1. The van der Waals surface area contributed by atoms with Crippen LogP contribution in [0.15, 0.2) is 42.5 Å². The highest BCUT2D eigenvalue weighted by Crippen LogP contribution is 2.34. The molecule has 0 bridgehead atoms. The van der Waals surface area contributed by atoms with Gasteiger partial charge in [0.2, 0.25) is 0 Å². The first-order valence-corrected chi connectivity index (χ1v) is 11.3. The summed E-state index contributed by atoms with van der Waals surface area (Å²) < 4.78 is 16.1. The molecule has 1 heterocycles. The minimum atomic E-state index is -0.522. The Labute approximate surface area is 196 Å². The van der Waals surface area contributed by atoms with Crippen LogP contribution in [0.3, 0.4) is 0 Å². The first-order valence-electron chi connectivity index (χ1n) is 11.3. The summed E-state index contributed by atoms with van der Waals surface area (Å²) in [4.78, 5) is 26.9. The van der Waals surface area contributed by atoms with Gasteiger partial charge in [-0.25, -0.2) is 4.79 Å². The van der Waals surface area contributed by atoms with E-state index in [0.29, 0.717) is 42.6 Å². The van der Waals surface area contributed by atoms with Crippen molar-refractivity contribution >= 4 is 12.0 Å². The maximum absolute atomic E-state index is 13.1. The Morgan fingerprint density at radius 2 is 1.73 bits per heavy atom. The van der Waals surface area contributed by atoms with E-state index in [1.54, 1.807) is 32.4 Å². The number of alkyl carbamates (subject to hydrolysis) is 1. The SMILES string of the molecule is COc1cccc(C(=O)N2CCC(c3cccc(CNC(=O)OC(C)(C)C)c3)CC2)c1OC. The molecule has 7 heteroatoms. The lowest BCUT2D eigenvalue weighted by Crippen LogP contribution is -2.38. The number of hydrogen-bond donors (Lipinski definition) is 1. The van der Waals surface area contributed by atoms with Crippen LogP contribution < -0.4 is 14.8 Å². The molecule has 1 aliphatic heterocycles. The average molecular weight is 455 g/mol. The Morgan fingerprint density at radius 3 is 2.36 bits per heavy atom. The number of rotatable bonds is 6. The second-order valence-corrected chi connectivity index (χ2v) is 9.21. The molecule has 1 N–H and O–H groups in total. The van der Waals surface area contributed by atoms with Gasteiger partial charge in [0.05, 0.1) is 19.8 Å². The number of nitrogens with one attached hydrogen (secondary N) is 1. The van der Waals surface area contributed by atoms with E-state index < -0.39 is 11.7 Å². The lowest BCUT2D eigenvalue weighted by molar-refractivity contribution is 0.0523. The summed E-state index contributed by atoms with van der Waals surface area (Å²) in [6, 6.07) is 13.6. The van der Waals surface area contributed by atoms with Crippen molar-refractivity contribution in [1.82, 2.24) is 10.2 Å². The molecule has 7 nitrogen and oxygen atoms in total. The van der Waals surface area contributed by atoms with Crippen molar-refractivity contribution in [3.63, 3.8) is 0 Å². The number of piperidine rings is 1. The zero-order valence-corrected chi connectivity index (χ0v) is 20.1. The van der Waals surface area contributed by atoms with Crippen LogP contribution in [-0.4, -0.2) is 49.8 Å². The molecule has 0 aliphatic carbocycles. The number of nitrogens with zero attached hydrogens (tertiary/aromatic N) is 1. The molecule has 1 saturated heterocycles. The summed E-state index contributed by atoms with van der Waals surface area (Å²) in [5.41, 5.74) is 2.25. The van der Waals surface area contributed by atoms with Gasteiger partial charge in [0.1, 0.15) is 5.60 Å². The third-order valence-electron chi connectivity index (χ3n) is 5.67. The minimum absolute atomic E-state index is 0.0421. The fourth-order valence-corrected chi connectivity index (χ4v) is 4.09. The number of methoxy groups -OCH3 is 2. The van der Waals surface area contributed by atoms with Crippen LogP contribution in [0.1, 0.15) is 61.0 Å². The fraction of sp³-hybridized carbons (Fsp3) is 0.462. The highest BCUT2D eigenvalue weighted by Gasteiger charge is 2.27. The second kappa shape index (κ2) is 10.6. The third kappa shape index (κ3) is 6.40. The first-order chi connectivity index (χ1) is 15.7. The summed E-state index contributed by atoms with van der Waals surface area (Å²) in [7, 11) is 3.11. The highest BCUT2D eigenvalue weighted by atomic mass is 16.6. The summed E-state index contributed by atoms with van der Waals surface area (Å²) in [6.45, 7) is 7.28. The number of ether oxygens (including phenoxy) is 3. The van der Waals surface area contributed by atoms with Crippen molar-refractivity contribution in [2.75, 3.05) is 27.3 Å². The van der Waals surface area contributed by atoms with E-state index in [0.717, 1.165) is 18.4 Å². The van der Waals surface area contributed by atoms with Gasteiger partial charge in [0, 0.05) is 19.6 Å². The Kier molecular flexibility index (Phi) is 7.84. The topological polar surface area (TPSA) is 77.1 Å². The number of carbonyl (C=O) groups excluding carboxylic acids is 2. The number of benzene rings is 2. The van der Waals surface area contributed by atoms with Crippen molar-refractivity contribution in [2.45, 2.75) is 51.7 Å². The summed E-state index contributed by atoms with van der Waals surface area (Å²) in [5.74, 6) is 1.34. The molecule has 0 unspecified atom stereocenters. The van der Waals surface area contributed by atoms with Crippen molar-refractivity contribution in [3.05, 3.63) is 59.2 Å². The number of hydrogen-bond acceptors (Lipinski definition) is 5. The van der Waals surface area contributed by atoms with Crippen molar-refractivity contribution in [1.29, 1.82) is 0 Å². The molecule has 3 rings (SSSR count). The van der Waals surface area contributed by atoms with Gasteiger partial charge in [-0.15, -0.1) is 0 Å². The van der Waals surface area contributed by atoms with E-state index in [1.807, 2.05) is 37.8 Å². The molecule has 178 valence electrons. The van der Waals surface area contributed by atoms with Gasteiger partial charge in [-0.1, -0.05) is 30.3 Å². The Hall–Kier alpha value is -3.22. The van der Waals surface area contributed by atoms with E-state index in [4.69, 9.17) is 14.2 Å². The monoisotopic (exact) mass is 454 g/mol. The molecule has 2 amide bonds. The third-order valence-corrected chi connectivity index (χ3v) is 5.67. The van der Waals surface area contributed by atoms with Gasteiger partial charge in [-0.05, 0) is 62.8 Å². The van der Waals surface area contributed by atoms with Crippen LogP contribution in [0, 0.1) is 0 Å². The Bertz CT molecular complexity index is 975. The van der Waals surface area contributed by atoms with Crippen LogP contribution in [0.2, 0.25) is 0 Å². The van der Waals surface area contributed by atoms with Crippen LogP contribution in [-0.2, 0) is 11.3 Å². The summed E-state index contributed by atoms with van der Waals surface area (Å²) in [5, 5.41) is 2.81. The number of para-hydroxylation sites is 1. The molecule has 0 spiro atoms. The van der Waals surface area contributed by atoms with E-state index in [9.17, 15) is 9.59 Å². The number of amides is 2. The van der Waals surface area contributed by atoms with Crippen molar-refractivity contribution < 1.29 is 23.8 Å². The molecule has 2 aromatic carbocycles. The van der Waals surface area contributed by atoms with Gasteiger partial charge < -0.3 is 24.4 Å². The summed E-state index contributed by atoms with van der Waals surface area (Å²) in [6.07, 6.45) is 1.33. The van der Waals surface area contributed by atoms with Crippen LogP contribution in [0.5, 0.6) is 11.5 Å². The van der Waals surface area contributed by atoms with Crippen molar-refractivity contribution in [3.8, 4) is 11.5 Å². The zero-order valence-electron chi connectivity index (χ0n) is 20.1. The van der Waals surface area contributed by atoms with Gasteiger partial charge in [0.25, 0.3) is 5.91 Å². The largest absolute Gasteiger partial charge is 0.493 e. The Morgan fingerprint density at radius 1 is 1.03 bits per heavy atom. The van der Waals surface area contributed by atoms with Gasteiger partial charge in [0.15, 0.2) is 11.5 Å².